The highest BCUT2D eigenvalue weighted by atomic mass is 79.9. The molecular formula is C20H22BrFN2O2. The van der Waals surface area contributed by atoms with E-state index in [1.807, 2.05) is 24.3 Å². The highest BCUT2D eigenvalue weighted by molar-refractivity contribution is 9.10. The van der Waals surface area contributed by atoms with E-state index in [-0.39, 0.29) is 11.6 Å². The quantitative estimate of drug-likeness (QED) is 0.762. The molecule has 26 heavy (non-hydrogen) atoms. The zero-order valence-corrected chi connectivity index (χ0v) is 16.3. The van der Waals surface area contributed by atoms with Gasteiger partial charge in [0.2, 0.25) is 0 Å². The molecule has 0 bridgehead atoms. The smallest absolute Gasteiger partial charge is 0.254 e. The lowest BCUT2D eigenvalue weighted by atomic mass is 10.0. The number of ether oxygens (including phenoxy) is 1. The Labute approximate surface area is 161 Å². The van der Waals surface area contributed by atoms with Crippen molar-refractivity contribution in [1.82, 2.24) is 10.2 Å². The van der Waals surface area contributed by atoms with Crippen LogP contribution in [-0.4, -0.2) is 37.6 Å². The highest BCUT2D eigenvalue weighted by Crippen LogP contribution is 2.31. The maximum atomic E-state index is 14.0. The van der Waals surface area contributed by atoms with Crippen molar-refractivity contribution in [2.24, 2.45) is 0 Å². The Morgan fingerprint density at radius 3 is 2.73 bits per heavy atom. The van der Waals surface area contributed by atoms with Crippen LogP contribution in [0, 0.1) is 5.82 Å². The first-order valence-electron chi connectivity index (χ1n) is 8.70. The third kappa shape index (κ3) is 4.24. The van der Waals surface area contributed by atoms with Gasteiger partial charge in [0.15, 0.2) is 0 Å². The Morgan fingerprint density at radius 1 is 1.27 bits per heavy atom. The van der Waals surface area contributed by atoms with Gasteiger partial charge in [0, 0.05) is 16.6 Å². The van der Waals surface area contributed by atoms with E-state index in [0.717, 1.165) is 37.2 Å². The second kappa shape index (κ2) is 8.64. The van der Waals surface area contributed by atoms with E-state index in [9.17, 15) is 9.18 Å². The molecule has 4 nitrogen and oxygen atoms in total. The molecule has 1 aliphatic heterocycles. The van der Waals surface area contributed by atoms with Crippen LogP contribution in [0.4, 0.5) is 4.39 Å². The van der Waals surface area contributed by atoms with Gasteiger partial charge in [-0.25, -0.2) is 4.39 Å². The molecule has 6 heteroatoms. The summed E-state index contributed by atoms with van der Waals surface area (Å²) in [5, 5.41) is 2.90. The molecule has 0 aromatic heterocycles. The Kier molecular flexibility index (Phi) is 6.27. The molecule has 0 spiro atoms. The summed E-state index contributed by atoms with van der Waals surface area (Å²) in [6.45, 7) is 2.35. The van der Waals surface area contributed by atoms with Gasteiger partial charge in [0.05, 0.1) is 18.7 Å². The van der Waals surface area contributed by atoms with E-state index in [0.29, 0.717) is 11.0 Å². The van der Waals surface area contributed by atoms with Crippen LogP contribution in [0.1, 0.15) is 34.8 Å². The lowest BCUT2D eigenvalue weighted by Crippen LogP contribution is -2.37. The average molecular weight is 421 g/mol. The third-order valence-corrected chi connectivity index (χ3v) is 5.20. The van der Waals surface area contributed by atoms with Crippen LogP contribution in [0.25, 0.3) is 0 Å². The molecule has 1 fully saturated rings. The fourth-order valence-corrected chi connectivity index (χ4v) is 3.75. The first-order chi connectivity index (χ1) is 12.6. The van der Waals surface area contributed by atoms with Crippen LogP contribution in [0.2, 0.25) is 0 Å². The van der Waals surface area contributed by atoms with E-state index in [2.05, 4.69) is 26.1 Å². The number of benzene rings is 2. The number of hydrogen-bond acceptors (Lipinski definition) is 3. The van der Waals surface area contributed by atoms with Crippen molar-refractivity contribution in [3.63, 3.8) is 0 Å². The van der Waals surface area contributed by atoms with Crippen molar-refractivity contribution in [2.75, 3.05) is 26.7 Å². The summed E-state index contributed by atoms with van der Waals surface area (Å²) in [4.78, 5) is 14.8. The zero-order valence-electron chi connectivity index (χ0n) is 14.7. The molecule has 0 radical (unpaired) electrons. The lowest BCUT2D eigenvalue weighted by Gasteiger charge is -2.29. The molecule has 3 rings (SSSR count). The van der Waals surface area contributed by atoms with Gasteiger partial charge in [-0.3, -0.25) is 9.69 Å². The molecule has 138 valence electrons. The van der Waals surface area contributed by atoms with E-state index in [1.54, 1.807) is 13.2 Å². The summed E-state index contributed by atoms with van der Waals surface area (Å²) in [6.07, 6.45) is 2.28. The number of amides is 1. The predicted molar refractivity (Wildman–Crippen MR) is 103 cm³/mol. The molecule has 0 saturated carbocycles. The number of methoxy groups -OCH3 is 1. The number of nitrogens with zero attached hydrogens (tertiary/aromatic N) is 1. The van der Waals surface area contributed by atoms with Gasteiger partial charge in [-0.2, -0.15) is 0 Å². The predicted octanol–water partition coefficient (Wildman–Crippen LogP) is 4.16. The Balaban J connectivity index is 1.80. The summed E-state index contributed by atoms with van der Waals surface area (Å²) >= 11 is 3.28. The number of carbonyl (C=O) groups is 1. The zero-order chi connectivity index (χ0) is 18.5. The molecule has 0 aliphatic carbocycles. The minimum Gasteiger partial charge on any atom is -0.496 e. The van der Waals surface area contributed by atoms with E-state index >= 15 is 0 Å². The van der Waals surface area contributed by atoms with Gasteiger partial charge in [-0.05, 0) is 50.2 Å². The molecule has 1 atom stereocenters. The number of likely N-dealkylation sites (tertiary alicyclic amines) is 1. The summed E-state index contributed by atoms with van der Waals surface area (Å²) in [7, 11) is 1.65. The molecule has 0 unspecified atom stereocenters. The van der Waals surface area contributed by atoms with Crippen LogP contribution >= 0.6 is 15.9 Å². The number of halogens is 2. The SMILES string of the molecule is COc1ccccc1[C@@H](CNC(=O)c1cc(Br)ccc1F)N1CCCC1. The van der Waals surface area contributed by atoms with Crippen molar-refractivity contribution in [1.29, 1.82) is 0 Å². The van der Waals surface area contributed by atoms with Gasteiger partial charge in [-0.15, -0.1) is 0 Å². The molecule has 1 heterocycles. The van der Waals surface area contributed by atoms with Crippen molar-refractivity contribution in [3.05, 3.63) is 63.9 Å². The minimum absolute atomic E-state index is 0.00665. The second-order valence-electron chi connectivity index (χ2n) is 6.34. The maximum absolute atomic E-state index is 14.0. The summed E-state index contributed by atoms with van der Waals surface area (Å²) < 4.78 is 20.2. The number of nitrogens with one attached hydrogen (secondary N) is 1. The monoisotopic (exact) mass is 420 g/mol. The molecule has 1 amide bonds. The van der Waals surface area contributed by atoms with Crippen molar-refractivity contribution in [2.45, 2.75) is 18.9 Å². The van der Waals surface area contributed by atoms with Gasteiger partial charge in [0.25, 0.3) is 5.91 Å². The average Bonchev–Trinajstić information content (AvgIpc) is 3.18. The molecule has 2 aromatic rings. The third-order valence-electron chi connectivity index (χ3n) is 4.71. The van der Waals surface area contributed by atoms with Crippen molar-refractivity contribution >= 4 is 21.8 Å². The Morgan fingerprint density at radius 2 is 2.00 bits per heavy atom. The first-order valence-corrected chi connectivity index (χ1v) is 9.49. The summed E-state index contributed by atoms with van der Waals surface area (Å²) in [6, 6.07) is 12.2. The number of hydrogen-bond donors (Lipinski definition) is 1. The number of rotatable bonds is 6. The van der Waals surface area contributed by atoms with Gasteiger partial charge in [-0.1, -0.05) is 34.1 Å². The minimum atomic E-state index is -0.527. The first kappa shape index (κ1) is 18.9. The molecule has 1 N–H and O–H groups in total. The van der Waals surface area contributed by atoms with E-state index in [1.165, 1.54) is 12.1 Å². The molecule has 1 saturated heterocycles. The maximum Gasteiger partial charge on any atom is 0.254 e. The largest absolute Gasteiger partial charge is 0.496 e. The van der Waals surface area contributed by atoms with E-state index in [4.69, 9.17) is 4.74 Å². The van der Waals surface area contributed by atoms with Crippen molar-refractivity contribution in [3.8, 4) is 5.75 Å². The Bertz CT molecular complexity index is 778. The van der Waals surface area contributed by atoms with Gasteiger partial charge < -0.3 is 10.1 Å². The van der Waals surface area contributed by atoms with Crippen LogP contribution in [0.5, 0.6) is 5.75 Å². The highest BCUT2D eigenvalue weighted by Gasteiger charge is 2.26. The molecule has 1 aliphatic rings. The van der Waals surface area contributed by atoms with Gasteiger partial charge in [0.1, 0.15) is 11.6 Å². The fourth-order valence-electron chi connectivity index (χ4n) is 3.39. The van der Waals surface area contributed by atoms with Crippen LogP contribution in [0.15, 0.2) is 46.9 Å². The fraction of sp³-hybridized carbons (Fsp3) is 0.350. The standard InChI is InChI=1S/C20H22BrFN2O2/c1-26-19-7-3-2-6-15(19)18(24-10-4-5-11-24)13-23-20(25)16-12-14(21)8-9-17(16)22/h2-3,6-9,12,18H,4-5,10-11,13H2,1H3,(H,23,25)/t18-/m1/s1. The summed E-state index contributed by atoms with van der Waals surface area (Å²) in [5.74, 6) is -0.143. The molecular weight excluding hydrogens is 399 g/mol. The van der Waals surface area contributed by atoms with E-state index < -0.39 is 11.7 Å². The second-order valence-corrected chi connectivity index (χ2v) is 7.25. The Hall–Kier alpha value is -1.92. The van der Waals surface area contributed by atoms with Crippen LogP contribution in [-0.2, 0) is 0 Å². The topological polar surface area (TPSA) is 41.6 Å². The van der Waals surface area contributed by atoms with Crippen LogP contribution in [0.3, 0.4) is 0 Å². The number of para-hydroxylation sites is 1. The normalized spacial score (nSPS) is 15.7. The van der Waals surface area contributed by atoms with Crippen molar-refractivity contribution < 1.29 is 13.9 Å². The van der Waals surface area contributed by atoms with Crippen LogP contribution < -0.4 is 10.1 Å². The number of carbonyl (C=O) groups excluding carboxylic acids is 1. The lowest BCUT2D eigenvalue weighted by molar-refractivity contribution is 0.0933. The molecule has 2 aromatic carbocycles. The van der Waals surface area contributed by atoms with Gasteiger partial charge >= 0.3 is 0 Å². The summed E-state index contributed by atoms with van der Waals surface area (Å²) in [5.41, 5.74) is 1.08.